The molecular formula is C17H26FNO2. The molecule has 0 aliphatic heterocycles. The Kier molecular flexibility index (Phi) is 6.61. The van der Waals surface area contributed by atoms with Crippen molar-refractivity contribution in [3.8, 4) is 0 Å². The molecule has 0 heterocycles. The zero-order chi connectivity index (χ0) is 15.1. The summed E-state index contributed by atoms with van der Waals surface area (Å²) in [7, 11) is 0. The number of rotatable bonds is 10. The molecule has 1 atom stereocenters. The lowest BCUT2D eigenvalue weighted by Crippen LogP contribution is -2.26. The predicted molar refractivity (Wildman–Crippen MR) is 81.8 cm³/mol. The Balaban J connectivity index is 1.80. The van der Waals surface area contributed by atoms with E-state index in [0.29, 0.717) is 25.2 Å². The molecule has 1 aromatic rings. The van der Waals surface area contributed by atoms with Gasteiger partial charge in [0.05, 0.1) is 19.3 Å². The molecule has 0 aromatic heterocycles. The van der Waals surface area contributed by atoms with Crippen molar-refractivity contribution in [2.24, 2.45) is 5.92 Å². The Morgan fingerprint density at radius 2 is 2.10 bits per heavy atom. The van der Waals surface area contributed by atoms with Gasteiger partial charge in [0.25, 0.3) is 0 Å². The van der Waals surface area contributed by atoms with Gasteiger partial charge in [-0.25, -0.2) is 4.39 Å². The molecule has 21 heavy (non-hydrogen) atoms. The lowest BCUT2D eigenvalue weighted by atomic mass is 10.1. The average molecular weight is 295 g/mol. The van der Waals surface area contributed by atoms with Crippen molar-refractivity contribution in [1.29, 1.82) is 0 Å². The summed E-state index contributed by atoms with van der Waals surface area (Å²) in [5.41, 5.74) is 0.881. The van der Waals surface area contributed by atoms with Crippen molar-refractivity contribution >= 4 is 0 Å². The number of ether oxygens (including phenoxy) is 2. The summed E-state index contributed by atoms with van der Waals surface area (Å²) in [6.45, 7) is 6.81. The largest absolute Gasteiger partial charge is 0.379 e. The highest BCUT2D eigenvalue weighted by Gasteiger charge is 2.22. The van der Waals surface area contributed by atoms with E-state index in [1.54, 1.807) is 12.1 Å². The molecule has 4 heteroatoms. The fourth-order valence-corrected chi connectivity index (χ4v) is 2.11. The molecule has 0 spiro atoms. The minimum atomic E-state index is -0.219. The SMILES string of the molecule is CC(C)COCCOC(CNC1CC1)c1cccc(F)c1. The van der Waals surface area contributed by atoms with Crippen molar-refractivity contribution in [2.75, 3.05) is 26.4 Å². The van der Waals surface area contributed by atoms with Crippen LogP contribution in [0.15, 0.2) is 24.3 Å². The first kappa shape index (κ1) is 16.4. The monoisotopic (exact) mass is 295 g/mol. The summed E-state index contributed by atoms with van der Waals surface area (Å²) in [6, 6.07) is 7.27. The molecule has 1 aliphatic carbocycles. The third-order valence-electron chi connectivity index (χ3n) is 3.39. The number of halogens is 1. The van der Waals surface area contributed by atoms with Gasteiger partial charge in [0, 0.05) is 19.2 Å². The second-order valence-corrected chi connectivity index (χ2v) is 6.07. The Hall–Kier alpha value is -0.970. The highest BCUT2D eigenvalue weighted by atomic mass is 19.1. The molecule has 0 amide bonds. The molecule has 1 N–H and O–H groups in total. The normalized spacial score (nSPS) is 16.4. The molecule has 3 nitrogen and oxygen atoms in total. The van der Waals surface area contributed by atoms with E-state index in [1.165, 1.54) is 18.9 Å². The maximum Gasteiger partial charge on any atom is 0.123 e. The lowest BCUT2D eigenvalue weighted by Gasteiger charge is -2.19. The highest BCUT2D eigenvalue weighted by Crippen LogP contribution is 2.22. The van der Waals surface area contributed by atoms with Crippen molar-refractivity contribution < 1.29 is 13.9 Å². The molecular weight excluding hydrogens is 269 g/mol. The number of hydrogen-bond donors (Lipinski definition) is 1. The van der Waals surface area contributed by atoms with E-state index in [1.807, 2.05) is 6.07 Å². The van der Waals surface area contributed by atoms with E-state index in [4.69, 9.17) is 9.47 Å². The second-order valence-electron chi connectivity index (χ2n) is 6.07. The van der Waals surface area contributed by atoms with Crippen LogP contribution in [0.3, 0.4) is 0 Å². The van der Waals surface area contributed by atoms with E-state index in [9.17, 15) is 4.39 Å². The van der Waals surface area contributed by atoms with Gasteiger partial charge >= 0.3 is 0 Å². The van der Waals surface area contributed by atoms with Crippen LogP contribution in [0.25, 0.3) is 0 Å². The Bertz CT molecular complexity index is 421. The zero-order valence-electron chi connectivity index (χ0n) is 13.0. The first-order valence-electron chi connectivity index (χ1n) is 7.83. The fraction of sp³-hybridized carbons (Fsp3) is 0.647. The maximum absolute atomic E-state index is 13.4. The maximum atomic E-state index is 13.4. The van der Waals surface area contributed by atoms with Crippen molar-refractivity contribution in [3.05, 3.63) is 35.6 Å². The van der Waals surface area contributed by atoms with Gasteiger partial charge in [-0.3, -0.25) is 0 Å². The molecule has 0 radical (unpaired) electrons. The summed E-state index contributed by atoms with van der Waals surface area (Å²) in [4.78, 5) is 0. The van der Waals surface area contributed by atoms with E-state index >= 15 is 0 Å². The van der Waals surface area contributed by atoms with Crippen LogP contribution in [0, 0.1) is 11.7 Å². The molecule has 1 fully saturated rings. The minimum Gasteiger partial charge on any atom is -0.379 e. The van der Waals surface area contributed by atoms with Crippen LogP contribution in [0.4, 0.5) is 4.39 Å². The fourth-order valence-electron chi connectivity index (χ4n) is 2.11. The van der Waals surface area contributed by atoms with Gasteiger partial charge in [0.2, 0.25) is 0 Å². The van der Waals surface area contributed by atoms with Gasteiger partial charge in [-0.05, 0) is 36.5 Å². The first-order chi connectivity index (χ1) is 10.1. The Morgan fingerprint density at radius 1 is 1.29 bits per heavy atom. The number of nitrogens with one attached hydrogen (secondary N) is 1. The minimum absolute atomic E-state index is 0.121. The first-order valence-corrected chi connectivity index (χ1v) is 7.83. The zero-order valence-corrected chi connectivity index (χ0v) is 13.0. The van der Waals surface area contributed by atoms with Gasteiger partial charge in [0.1, 0.15) is 5.82 Å². The highest BCUT2D eigenvalue weighted by molar-refractivity contribution is 5.19. The van der Waals surface area contributed by atoms with E-state index in [2.05, 4.69) is 19.2 Å². The average Bonchev–Trinajstić information content (AvgIpc) is 3.25. The van der Waals surface area contributed by atoms with Crippen LogP contribution in [0.2, 0.25) is 0 Å². The molecule has 1 aliphatic rings. The van der Waals surface area contributed by atoms with Crippen LogP contribution in [0.5, 0.6) is 0 Å². The van der Waals surface area contributed by atoms with Crippen LogP contribution in [-0.2, 0) is 9.47 Å². The Morgan fingerprint density at radius 3 is 2.76 bits per heavy atom. The summed E-state index contributed by atoms with van der Waals surface area (Å²) < 4.78 is 24.8. The summed E-state index contributed by atoms with van der Waals surface area (Å²) in [6.07, 6.45) is 2.34. The van der Waals surface area contributed by atoms with Crippen molar-refractivity contribution in [2.45, 2.75) is 38.8 Å². The van der Waals surface area contributed by atoms with E-state index < -0.39 is 0 Å². The van der Waals surface area contributed by atoms with Crippen LogP contribution in [-0.4, -0.2) is 32.4 Å². The van der Waals surface area contributed by atoms with Crippen molar-refractivity contribution in [3.63, 3.8) is 0 Å². The summed E-state index contributed by atoms with van der Waals surface area (Å²) >= 11 is 0. The third-order valence-corrected chi connectivity index (χ3v) is 3.39. The smallest absolute Gasteiger partial charge is 0.123 e. The molecule has 0 bridgehead atoms. The number of hydrogen-bond acceptors (Lipinski definition) is 3. The van der Waals surface area contributed by atoms with E-state index in [0.717, 1.165) is 18.7 Å². The summed E-state index contributed by atoms with van der Waals surface area (Å²) in [5.74, 6) is 0.309. The van der Waals surface area contributed by atoms with Crippen LogP contribution in [0.1, 0.15) is 38.4 Å². The third kappa shape index (κ3) is 6.55. The van der Waals surface area contributed by atoms with Crippen molar-refractivity contribution in [1.82, 2.24) is 5.32 Å². The standard InChI is InChI=1S/C17H26FNO2/c1-13(2)12-20-8-9-21-17(11-19-16-6-7-16)14-4-3-5-15(18)10-14/h3-5,10,13,16-17,19H,6-9,11-12H2,1-2H3. The molecule has 118 valence electrons. The molecule has 1 aromatic carbocycles. The summed E-state index contributed by atoms with van der Waals surface area (Å²) in [5, 5.41) is 3.45. The lowest BCUT2D eigenvalue weighted by molar-refractivity contribution is -0.00153. The van der Waals surface area contributed by atoms with Gasteiger partial charge in [-0.2, -0.15) is 0 Å². The van der Waals surface area contributed by atoms with Crippen LogP contribution < -0.4 is 5.32 Å². The van der Waals surface area contributed by atoms with Gasteiger partial charge in [0.15, 0.2) is 0 Å². The molecule has 1 saturated carbocycles. The molecule has 2 rings (SSSR count). The van der Waals surface area contributed by atoms with Gasteiger partial charge in [-0.1, -0.05) is 26.0 Å². The number of benzene rings is 1. The Labute approximate surface area is 126 Å². The van der Waals surface area contributed by atoms with Crippen LogP contribution >= 0.6 is 0 Å². The predicted octanol–water partition coefficient (Wildman–Crippen LogP) is 3.31. The molecule has 0 saturated heterocycles. The van der Waals surface area contributed by atoms with Gasteiger partial charge in [-0.15, -0.1) is 0 Å². The topological polar surface area (TPSA) is 30.5 Å². The van der Waals surface area contributed by atoms with Gasteiger partial charge < -0.3 is 14.8 Å². The van der Waals surface area contributed by atoms with E-state index in [-0.39, 0.29) is 11.9 Å². The molecule has 1 unspecified atom stereocenters. The quantitative estimate of drug-likeness (QED) is 0.672. The second kappa shape index (κ2) is 8.47.